The minimum Gasteiger partial charge on any atom is -0.299 e. The van der Waals surface area contributed by atoms with Crippen molar-refractivity contribution in [1.82, 2.24) is 14.7 Å². The molecule has 152 valence electrons. The molecule has 3 aliphatic rings. The zero-order valence-corrected chi connectivity index (χ0v) is 18.6. The standard InChI is InChI=1S/C23H45N3/c1-22(2,3)25-16-12-19(13-17-25)18-24-14-9-11-20(24)21-10-7-8-15-26(21)23(4,5)6/h19-21H,7-18H2,1-6H3. The average molecular weight is 364 g/mol. The third-order valence-corrected chi connectivity index (χ3v) is 7.33. The molecule has 0 aromatic rings. The molecule has 3 nitrogen and oxygen atoms in total. The second-order valence-electron chi connectivity index (χ2n) is 11.2. The largest absolute Gasteiger partial charge is 0.299 e. The van der Waals surface area contributed by atoms with Crippen molar-refractivity contribution >= 4 is 0 Å². The normalized spacial score (nSPS) is 31.6. The van der Waals surface area contributed by atoms with Gasteiger partial charge in [-0.25, -0.2) is 0 Å². The molecule has 3 heteroatoms. The van der Waals surface area contributed by atoms with Crippen molar-refractivity contribution in [3.05, 3.63) is 0 Å². The second-order valence-corrected chi connectivity index (χ2v) is 11.2. The van der Waals surface area contributed by atoms with Gasteiger partial charge in [0.25, 0.3) is 0 Å². The summed E-state index contributed by atoms with van der Waals surface area (Å²) in [6, 6.07) is 1.61. The van der Waals surface area contributed by atoms with Crippen LogP contribution in [0, 0.1) is 5.92 Å². The topological polar surface area (TPSA) is 9.72 Å². The highest BCUT2D eigenvalue weighted by Gasteiger charge is 2.40. The van der Waals surface area contributed by atoms with Crippen molar-refractivity contribution in [3.63, 3.8) is 0 Å². The summed E-state index contributed by atoms with van der Waals surface area (Å²) in [5, 5.41) is 0. The molecule has 0 amide bonds. The zero-order chi connectivity index (χ0) is 18.9. The molecule has 3 heterocycles. The lowest BCUT2D eigenvalue weighted by Gasteiger charge is -2.49. The Morgan fingerprint density at radius 1 is 0.654 bits per heavy atom. The summed E-state index contributed by atoms with van der Waals surface area (Å²) < 4.78 is 0. The van der Waals surface area contributed by atoms with Gasteiger partial charge in [0.2, 0.25) is 0 Å². The van der Waals surface area contributed by atoms with Crippen molar-refractivity contribution in [2.24, 2.45) is 5.92 Å². The molecule has 2 atom stereocenters. The van der Waals surface area contributed by atoms with E-state index >= 15 is 0 Å². The second kappa shape index (κ2) is 8.09. The zero-order valence-electron chi connectivity index (χ0n) is 18.6. The van der Waals surface area contributed by atoms with Gasteiger partial charge >= 0.3 is 0 Å². The van der Waals surface area contributed by atoms with Gasteiger partial charge in [0.1, 0.15) is 0 Å². The van der Waals surface area contributed by atoms with Crippen LogP contribution >= 0.6 is 0 Å². The van der Waals surface area contributed by atoms with Crippen LogP contribution in [0.4, 0.5) is 0 Å². The van der Waals surface area contributed by atoms with E-state index in [1.54, 1.807) is 0 Å². The van der Waals surface area contributed by atoms with Crippen molar-refractivity contribution < 1.29 is 0 Å². The molecular formula is C23H45N3. The molecule has 0 radical (unpaired) electrons. The quantitative estimate of drug-likeness (QED) is 0.725. The lowest BCUT2D eigenvalue weighted by atomic mass is 9.88. The van der Waals surface area contributed by atoms with E-state index in [0.717, 1.165) is 18.0 Å². The van der Waals surface area contributed by atoms with Gasteiger partial charge in [-0.15, -0.1) is 0 Å². The van der Waals surface area contributed by atoms with Gasteiger partial charge in [0.05, 0.1) is 0 Å². The van der Waals surface area contributed by atoms with Crippen LogP contribution in [0.5, 0.6) is 0 Å². The first-order valence-corrected chi connectivity index (χ1v) is 11.4. The Bertz CT molecular complexity index is 439. The molecule has 3 fully saturated rings. The fourth-order valence-electron chi connectivity index (χ4n) is 5.82. The Morgan fingerprint density at radius 3 is 1.92 bits per heavy atom. The van der Waals surface area contributed by atoms with E-state index in [4.69, 9.17) is 0 Å². The van der Waals surface area contributed by atoms with Gasteiger partial charge in [-0.05, 0) is 112 Å². The smallest absolute Gasteiger partial charge is 0.0256 e. The van der Waals surface area contributed by atoms with E-state index in [1.165, 1.54) is 77.7 Å². The minimum atomic E-state index is 0.317. The maximum atomic E-state index is 2.91. The highest BCUT2D eigenvalue weighted by molar-refractivity contribution is 4.97. The van der Waals surface area contributed by atoms with Gasteiger partial charge < -0.3 is 0 Å². The lowest BCUT2D eigenvalue weighted by Crippen LogP contribution is -2.58. The van der Waals surface area contributed by atoms with Gasteiger partial charge in [-0.3, -0.25) is 14.7 Å². The predicted octanol–water partition coefficient (Wildman–Crippen LogP) is 4.61. The summed E-state index contributed by atoms with van der Waals surface area (Å²) in [5.74, 6) is 0.917. The third-order valence-electron chi connectivity index (χ3n) is 7.33. The van der Waals surface area contributed by atoms with Crippen molar-refractivity contribution in [2.45, 2.75) is 110 Å². The van der Waals surface area contributed by atoms with Crippen LogP contribution in [0.15, 0.2) is 0 Å². The maximum Gasteiger partial charge on any atom is 0.0256 e. The van der Waals surface area contributed by atoms with Gasteiger partial charge in [-0.1, -0.05) is 6.42 Å². The van der Waals surface area contributed by atoms with Crippen LogP contribution in [0.3, 0.4) is 0 Å². The highest BCUT2D eigenvalue weighted by Crippen LogP contribution is 2.35. The highest BCUT2D eigenvalue weighted by atomic mass is 15.3. The average Bonchev–Trinajstić information content (AvgIpc) is 3.02. The minimum absolute atomic E-state index is 0.317. The van der Waals surface area contributed by atoms with Crippen molar-refractivity contribution in [3.8, 4) is 0 Å². The Labute approximate surface area is 163 Å². The summed E-state index contributed by atoms with van der Waals surface area (Å²) in [6.45, 7) is 21.0. The molecule has 3 saturated heterocycles. The Morgan fingerprint density at radius 2 is 1.31 bits per heavy atom. The molecule has 0 aliphatic carbocycles. The fourth-order valence-corrected chi connectivity index (χ4v) is 5.82. The molecule has 0 N–H and O–H groups in total. The molecule has 0 bridgehead atoms. The Kier molecular flexibility index (Phi) is 6.41. The van der Waals surface area contributed by atoms with Gasteiger partial charge in [-0.2, -0.15) is 0 Å². The number of piperidine rings is 2. The number of nitrogens with zero attached hydrogens (tertiary/aromatic N) is 3. The Balaban J connectivity index is 1.58. The number of rotatable bonds is 3. The Hall–Kier alpha value is -0.120. The maximum absolute atomic E-state index is 2.91. The number of hydrogen-bond acceptors (Lipinski definition) is 3. The van der Waals surface area contributed by atoms with E-state index < -0.39 is 0 Å². The number of likely N-dealkylation sites (tertiary alicyclic amines) is 3. The van der Waals surface area contributed by atoms with E-state index in [2.05, 4.69) is 56.2 Å². The van der Waals surface area contributed by atoms with Crippen LogP contribution in [-0.4, -0.2) is 70.6 Å². The summed E-state index contributed by atoms with van der Waals surface area (Å²) in [6.07, 6.45) is 9.89. The first-order valence-electron chi connectivity index (χ1n) is 11.4. The molecule has 2 unspecified atom stereocenters. The van der Waals surface area contributed by atoms with E-state index in [9.17, 15) is 0 Å². The summed E-state index contributed by atoms with van der Waals surface area (Å²) in [7, 11) is 0. The summed E-state index contributed by atoms with van der Waals surface area (Å²) in [4.78, 5) is 8.45. The lowest BCUT2D eigenvalue weighted by molar-refractivity contribution is 0.000316. The first kappa shape index (κ1) is 20.6. The monoisotopic (exact) mass is 363 g/mol. The van der Waals surface area contributed by atoms with Gasteiger partial charge in [0.15, 0.2) is 0 Å². The van der Waals surface area contributed by atoms with E-state index in [0.29, 0.717) is 11.1 Å². The van der Waals surface area contributed by atoms with Crippen LogP contribution in [-0.2, 0) is 0 Å². The first-order chi connectivity index (χ1) is 12.2. The van der Waals surface area contributed by atoms with Crippen LogP contribution in [0.25, 0.3) is 0 Å². The van der Waals surface area contributed by atoms with Crippen LogP contribution < -0.4 is 0 Å². The predicted molar refractivity (Wildman–Crippen MR) is 113 cm³/mol. The van der Waals surface area contributed by atoms with Crippen molar-refractivity contribution in [1.29, 1.82) is 0 Å². The molecule has 0 spiro atoms. The van der Waals surface area contributed by atoms with Crippen LogP contribution in [0.1, 0.15) is 86.5 Å². The van der Waals surface area contributed by atoms with Crippen molar-refractivity contribution in [2.75, 3.05) is 32.7 Å². The molecule has 3 rings (SSSR count). The molecule has 0 aromatic carbocycles. The summed E-state index contributed by atoms with van der Waals surface area (Å²) >= 11 is 0. The van der Waals surface area contributed by atoms with Crippen LogP contribution in [0.2, 0.25) is 0 Å². The number of hydrogen-bond donors (Lipinski definition) is 0. The molecule has 26 heavy (non-hydrogen) atoms. The fraction of sp³-hybridized carbons (Fsp3) is 1.00. The summed E-state index contributed by atoms with van der Waals surface area (Å²) in [5.41, 5.74) is 0.661. The SMILES string of the molecule is CC(C)(C)N1CCC(CN2CCCC2C2CCCCN2C(C)(C)C)CC1. The van der Waals surface area contributed by atoms with E-state index in [-0.39, 0.29) is 0 Å². The molecular weight excluding hydrogens is 318 g/mol. The van der Waals surface area contributed by atoms with E-state index in [1.807, 2.05) is 0 Å². The third kappa shape index (κ3) is 4.83. The molecule has 3 aliphatic heterocycles. The van der Waals surface area contributed by atoms with Gasteiger partial charge in [0, 0.05) is 29.7 Å². The molecule has 0 aromatic heterocycles. The molecule has 0 saturated carbocycles.